The first kappa shape index (κ1) is 20.6. The Morgan fingerprint density at radius 2 is 1.29 bits per heavy atom. The van der Waals surface area contributed by atoms with Crippen LogP contribution in [0.3, 0.4) is 0 Å². The van der Waals surface area contributed by atoms with Gasteiger partial charge in [0.2, 0.25) is 0 Å². The van der Waals surface area contributed by atoms with E-state index in [0.717, 1.165) is 25.7 Å². The smallest absolute Gasteiger partial charge is 0.174 e. The van der Waals surface area contributed by atoms with Crippen molar-refractivity contribution in [2.45, 2.75) is 70.4 Å². The number of halogens is 1. The molecule has 0 aromatic carbocycles. The highest BCUT2D eigenvalue weighted by Crippen LogP contribution is 2.10. The van der Waals surface area contributed by atoms with Crippen LogP contribution in [0, 0.1) is 0 Å². The van der Waals surface area contributed by atoms with Crippen LogP contribution in [0.5, 0.6) is 0 Å². The molecular formula is C17H30BrNO2. The molecule has 122 valence electrons. The van der Waals surface area contributed by atoms with Gasteiger partial charge in [0.1, 0.15) is 6.10 Å². The summed E-state index contributed by atoms with van der Waals surface area (Å²) in [7, 11) is 0. The summed E-state index contributed by atoms with van der Waals surface area (Å²) in [6, 6.07) is 5.97. The molecule has 0 aliphatic rings. The van der Waals surface area contributed by atoms with E-state index < -0.39 is 0 Å². The van der Waals surface area contributed by atoms with Crippen molar-refractivity contribution in [1.29, 1.82) is 0 Å². The standard InChI is InChI=1S/C17H30NO2.BrH/c19-15-11-6-4-2-1-3-5-8-12-17(20)16-18-13-9-7-10-14-18;/h7,9-10,13-14,17,19-20H,1-6,8,11-12,15-16H2;1H/q+1;/p-1. The molecule has 1 rings (SSSR count). The van der Waals surface area contributed by atoms with Crippen molar-refractivity contribution >= 4 is 0 Å². The molecule has 0 saturated carbocycles. The van der Waals surface area contributed by atoms with E-state index >= 15 is 0 Å². The lowest BCUT2D eigenvalue weighted by Crippen LogP contribution is -3.00. The SMILES string of the molecule is OCCCCCCCCCCC(O)C[n+]1ccccc1.[Br-]. The van der Waals surface area contributed by atoms with Crippen LogP contribution in [-0.4, -0.2) is 22.9 Å². The maximum atomic E-state index is 9.96. The number of hydrogen-bond acceptors (Lipinski definition) is 2. The summed E-state index contributed by atoms with van der Waals surface area (Å²) >= 11 is 0. The van der Waals surface area contributed by atoms with E-state index in [1.54, 1.807) is 0 Å². The maximum Gasteiger partial charge on any atom is 0.174 e. The lowest BCUT2D eigenvalue weighted by atomic mass is 10.1. The van der Waals surface area contributed by atoms with Gasteiger partial charge in [-0.25, -0.2) is 4.57 Å². The fraction of sp³-hybridized carbons (Fsp3) is 0.706. The molecule has 1 aromatic rings. The van der Waals surface area contributed by atoms with Crippen LogP contribution in [0.2, 0.25) is 0 Å². The maximum absolute atomic E-state index is 9.96. The van der Waals surface area contributed by atoms with Gasteiger partial charge in [-0.3, -0.25) is 0 Å². The van der Waals surface area contributed by atoms with E-state index in [1.807, 2.05) is 35.2 Å². The molecule has 0 fully saturated rings. The van der Waals surface area contributed by atoms with E-state index in [2.05, 4.69) is 0 Å². The van der Waals surface area contributed by atoms with Crippen LogP contribution in [0.4, 0.5) is 0 Å². The van der Waals surface area contributed by atoms with Crippen LogP contribution < -0.4 is 21.5 Å². The van der Waals surface area contributed by atoms with E-state index in [1.165, 1.54) is 32.1 Å². The minimum atomic E-state index is -0.230. The van der Waals surface area contributed by atoms with Gasteiger partial charge in [-0.15, -0.1) is 0 Å². The molecule has 0 radical (unpaired) electrons. The zero-order valence-electron chi connectivity index (χ0n) is 13.0. The van der Waals surface area contributed by atoms with Gasteiger partial charge in [0, 0.05) is 18.7 Å². The van der Waals surface area contributed by atoms with Crippen LogP contribution in [0.1, 0.15) is 57.8 Å². The van der Waals surface area contributed by atoms with Crippen LogP contribution in [-0.2, 0) is 6.54 Å². The highest BCUT2D eigenvalue weighted by atomic mass is 79.9. The molecule has 0 saturated heterocycles. The Morgan fingerprint density at radius 1 is 0.762 bits per heavy atom. The predicted octanol–water partition coefficient (Wildman–Crippen LogP) is -0.158. The molecule has 3 nitrogen and oxygen atoms in total. The van der Waals surface area contributed by atoms with Crippen LogP contribution in [0.15, 0.2) is 30.6 Å². The number of hydrogen-bond donors (Lipinski definition) is 2. The van der Waals surface area contributed by atoms with Crippen molar-refractivity contribution in [2.75, 3.05) is 6.61 Å². The molecule has 1 atom stereocenters. The van der Waals surface area contributed by atoms with Gasteiger partial charge >= 0.3 is 0 Å². The summed E-state index contributed by atoms with van der Waals surface area (Å²) in [4.78, 5) is 0. The van der Waals surface area contributed by atoms with Gasteiger partial charge in [0.15, 0.2) is 18.9 Å². The zero-order valence-corrected chi connectivity index (χ0v) is 14.5. The van der Waals surface area contributed by atoms with Crippen LogP contribution in [0.25, 0.3) is 0 Å². The van der Waals surface area contributed by atoms with Crippen molar-refractivity contribution < 1.29 is 31.8 Å². The fourth-order valence-electron chi connectivity index (χ4n) is 2.44. The third-order valence-corrected chi connectivity index (χ3v) is 3.64. The Balaban J connectivity index is 0.00000400. The van der Waals surface area contributed by atoms with E-state index in [9.17, 15) is 5.11 Å². The third kappa shape index (κ3) is 11.8. The number of rotatable bonds is 12. The molecule has 0 aliphatic heterocycles. The number of aromatic nitrogens is 1. The van der Waals surface area contributed by atoms with Crippen molar-refractivity contribution in [2.24, 2.45) is 0 Å². The Bertz CT molecular complexity index is 322. The molecule has 0 spiro atoms. The Morgan fingerprint density at radius 3 is 1.86 bits per heavy atom. The van der Waals surface area contributed by atoms with Crippen molar-refractivity contribution in [3.05, 3.63) is 30.6 Å². The number of nitrogens with zero attached hydrogens (tertiary/aromatic N) is 1. The first-order valence-electron chi connectivity index (χ1n) is 8.06. The molecule has 21 heavy (non-hydrogen) atoms. The Hall–Kier alpha value is -0.450. The van der Waals surface area contributed by atoms with E-state index in [0.29, 0.717) is 13.2 Å². The molecule has 0 amide bonds. The Kier molecular flexibility index (Phi) is 14.2. The zero-order chi connectivity index (χ0) is 14.5. The predicted molar refractivity (Wildman–Crippen MR) is 81.3 cm³/mol. The molecule has 4 heteroatoms. The van der Waals surface area contributed by atoms with Crippen molar-refractivity contribution in [1.82, 2.24) is 0 Å². The summed E-state index contributed by atoms with van der Waals surface area (Å²) < 4.78 is 2.03. The van der Waals surface area contributed by atoms with Gasteiger partial charge < -0.3 is 27.2 Å². The highest BCUT2D eigenvalue weighted by Gasteiger charge is 2.09. The second-order valence-corrected chi connectivity index (χ2v) is 5.57. The Labute approximate surface area is 139 Å². The molecule has 0 aliphatic carbocycles. The number of aliphatic hydroxyl groups is 2. The summed E-state index contributed by atoms with van der Waals surface area (Å²) in [6.45, 7) is 1.03. The topological polar surface area (TPSA) is 44.3 Å². The normalized spacial score (nSPS) is 11.9. The highest BCUT2D eigenvalue weighted by molar-refractivity contribution is 4.83. The summed E-state index contributed by atoms with van der Waals surface area (Å²) in [5, 5.41) is 18.6. The largest absolute Gasteiger partial charge is 1.00 e. The first-order valence-corrected chi connectivity index (χ1v) is 8.06. The van der Waals surface area contributed by atoms with Crippen molar-refractivity contribution in [3.8, 4) is 0 Å². The summed E-state index contributed by atoms with van der Waals surface area (Å²) in [5.74, 6) is 0. The third-order valence-electron chi connectivity index (χ3n) is 3.64. The number of pyridine rings is 1. The minimum Gasteiger partial charge on any atom is -1.00 e. The van der Waals surface area contributed by atoms with Gasteiger partial charge in [0.25, 0.3) is 0 Å². The quantitative estimate of drug-likeness (QED) is 0.402. The van der Waals surface area contributed by atoms with Gasteiger partial charge in [-0.1, -0.05) is 51.0 Å². The summed E-state index contributed by atoms with van der Waals surface area (Å²) in [6.07, 6.45) is 14.2. The molecule has 1 unspecified atom stereocenters. The monoisotopic (exact) mass is 359 g/mol. The average Bonchev–Trinajstić information content (AvgIpc) is 2.46. The number of aliphatic hydroxyl groups excluding tert-OH is 2. The van der Waals surface area contributed by atoms with Gasteiger partial charge in [-0.05, 0) is 12.8 Å². The summed E-state index contributed by atoms with van der Waals surface area (Å²) in [5.41, 5.74) is 0. The molecule has 1 aromatic heterocycles. The minimum absolute atomic E-state index is 0. The lowest BCUT2D eigenvalue weighted by molar-refractivity contribution is -0.703. The first-order chi connectivity index (χ1) is 9.83. The van der Waals surface area contributed by atoms with Crippen LogP contribution >= 0.6 is 0 Å². The fourth-order valence-corrected chi connectivity index (χ4v) is 2.44. The lowest BCUT2D eigenvalue weighted by Gasteiger charge is -2.07. The molecular weight excluding hydrogens is 330 g/mol. The van der Waals surface area contributed by atoms with E-state index in [-0.39, 0.29) is 23.1 Å². The second-order valence-electron chi connectivity index (χ2n) is 5.57. The van der Waals surface area contributed by atoms with Crippen molar-refractivity contribution in [3.63, 3.8) is 0 Å². The second kappa shape index (κ2) is 14.5. The van der Waals surface area contributed by atoms with Gasteiger partial charge in [0.05, 0.1) is 0 Å². The molecule has 1 heterocycles. The number of unbranched alkanes of at least 4 members (excludes halogenated alkanes) is 7. The molecule has 0 bridgehead atoms. The molecule has 2 N–H and O–H groups in total. The van der Waals surface area contributed by atoms with Gasteiger partial charge in [-0.2, -0.15) is 0 Å². The average molecular weight is 360 g/mol. The van der Waals surface area contributed by atoms with E-state index in [4.69, 9.17) is 5.11 Å².